The quantitative estimate of drug-likeness (QED) is 0.173. The van der Waals surface area contributed by atoms with Crippen molar-refractivity contribution < 1.29 is 0 Å². The van der Waals surface area contributed by atoms with Crippen molar-refractivity contribution in [1.29, 1.82) is 10.5 Å². The maximum absolute atomic E-state index is 11.8. The molecule has 0 saturated heterocycles. The van der Waals surface area contributed by atoms with Gasteiger partial charge in [-0.3, -0.25) is 0 Å². The Kier molecular flexibility index (Phi) is 8.39. The van der Waals surface area contributed by atoms with Crippen LogP contribution in [0.1, 0.15) is 54.7 Å². The fourth-order valence-corrected chi connectivity index (χ4v) is 12.3. The molecule has 0 spiro atoms. The van der Waals surface area contributed by atoms with Gasteiger partial charge in [0.25, 0.3) is 0 Å². The summed E-state index contributed by atoms with van der Waals surface area (Å²) < 4.78 is 9.47. The smallest absolute Gasteiger partial charge is 0.102 e. The van der Waals surface area contributed by atoms with Crippen LogP contribution in [-0.4, -0.2) is 18.3 Å². The van der Waals surface area contributed by atoms with Crippen molar-refractivity contribution in [3.05, 3.63) is 205 Å². The van der Waals surface area contributed by atoms with Crippen LogP contribution < -0.4 is 0 Å². The van der Waals surface area contributed by atoms with Gasteiger partial charge in [0.1, 0.15) is 12.1 Å². The number of benzene rings is 9. The normalized spacial score (nSPS) is 13.5. The molecule has 1 aliphatic carbocycles. The highest BCUT2D eigenvalue weighted by molar-refractivity contribution is 6.28. The third kappa shape index (κ3) is 5.26. The second kappa shape index (κ2) is 14.8. The van der Waals surface area contributed by atoms with Gasteiger partial charge in [-0.1, -0.05) is 141 Å². The average Bonchev–Trinajstić information content (AvgIpc) is 4.13. The first kappa shape index (κ1) is 38.4. The number of rotatable bonds is 5. The number of nitrogens with zero attached hydrogens (tertiary/aromatic N) is 6. The minimum Gasteiger partial charge on any atom is -0.309 e. The van der Waals surface area contributed by atoms with Gasteiger partial charge in [0.15, 0.2) is 0 Å². The molecule has 0 aliphatic heterocycles. The van der Waals surface area contributed by atoms with Gasteiger partial charge in [0.05, 0.1) is 66.6 Å². The van der Waals surface area contributed by atoms with E-state index in [0.717, 1.165) is 148 Å². The van der Waals surface area contributed by atoms with E-state index in [-0.39, 0.29) is 5.92 Å². The van der Waals surface area contributed by atoms with Gasteiger partial charge in [-0.2, -0.15) is 10.5 Å². The zero-order valence-corrected chi connectivity index (χ0v) is 37.2. The molecule has 4 heterocycles. The lowest BCUT2D eigenvalue weighted by Crippen LogP contribution is -2.14. The third-order valence-corrected chi connectivity index (χ3v) is 15.0. The van der Waals surface area contributed by atoms with Gasteiger partial charge in [-0.15, -0.1) is 0 Å². The molecule has 0 bridgehead atoms. The Labute approximate surface area is 391 Å². The van der Waals surface area contributed by atoms with Gasteiger partial charge in [0, 0.05) is 54.5 Å². The lowest BCUT2D eigenvalue weighted by Gasteiger charge is -2.27. The van der Waals surface area contributed by atoms with E-state index < -0.39 is 0 Å². The van der Waals surface area contributed by atoms with E-state index in [9.17, 15) is 10.5 Å². The molecule has 0 unspecified atom stereocenters. The summed E-state index contributed by atoms with van der Waals surface area (Å²) in [6.07, 6.45) is 5.12. The summed E-state index contributed by atoms with van der Waals surface area (Å²) in [6.45, 7) is 0. The molecular formula is C62H42N6. The minimum atomic E-state index is 0.0490. The maximum atomic E-state index is 11.8. The fraction of sp³-hybridized carbons (Fsp3) is 0.0968. The number of nitriles is 2. The number of hydrogen-bond acceptors (Lipinski definition) is 2. The topological polar surface area (TPSA) is 67.3 Å². The van der Waals surface area contributed by atoms with Crippen molar-refractivity contribution >= 4 is 87.2 Å². The molecule has 14 rings (SSSR count). The monoisotopic (exact) mass is 870 g/mol. The van der Waals surface area contributed by atoms with Gasteiger partial charge in [0.2, 0.25) is 0 Å². The predicted molar refractivity (Wildman–Crippen MR) is 279 cm³/mol. The Balaban J connectivity index is 1.19. The molecule has 6 heteroatoms. The van der Waals surface area contributed by atoms with E-state index in [1.807, 2.05) is 0 Å². The number of aromatic nitrogens is 4. The largest absolute Gasteiger partial charge is 0.309 e. The summed E-state index contributed by atoms with van der Waals surface area (Å²) in [5.74, 6) is 0.0490. The minimum absolute atomic E-state index is 0.0490. The van der Waals surface area contributed by atoms with E-state index in [4.69, 9.17) is 0 Å². The molecule has 320 valence electrons. The van der Waals surface area contributed by atoms with Gasteiger partial charge < -0.3 is 18.3 Å². The third-order valence-electron chi connectivity index (χ3n) is 15.0. The molecule has 1 saturated carbocycles. The Morgan fingerprint density at radius 2 is 0.735 bits per heavy atom. The van der Waals surface area contributed by atoms with Crippen molar-refractivity contribution in [1.82, 2.24) is 18.3 Å². The first-order chi connectivity index (χ1) is 33.7. The van der Waals surface area contributed by atoms with E-state index in [1.54, 1.807) is 0 Å². The molecule has 4 aromatic heterocycles. The van der Waals surface area contributed by atoms with Crippen molar-refractivity contribution in [2.75, 3.05) is 0 Å². The van der Waals surface area contributed by atoms with Gasteiger partial charge in [-0.05, 0) is 91.1 Å². The zero-order chi connectivity index (χ0) is 45.0. The highest BCUT2D eigenvalue weighted by atomic mass is 15.0. The summed E-state index contributed by atoms with van der Waals surface area (Å²) in [5.41, 5.74) is 14.3. The molecule has 1 aliphatic rings. The molecule has 6 nitrogen and oxygen atoms in total. The lowest BCUT2D eigenvalue weighted by atomic mass is 9.79. The molecule has 0 atom stereocenters. The van der Waals surface area contributed by atoms with E-state index in [2.05, 4.69) is 218 Å². The van der Waals surface area contributed by atoms with Crippen LogP contribution >= 0.6 is 0 Å². The van der Waals surface area contributed by atoms with Crippen LogP contribution in [0.25, 0.3) is 110 Å². The van der Waals surface area contributed by atoms with Crippen molar-refractivity contribution in [3.8, 4) is 34.9 Å². The molecule has 9 aromatic carbocycles. The predicted octanol–water partition coefficient (Wildman–Crippen LogP) is 15.9. The Morgan fingerprint density at radius 1 is 0.353 bits per heavy atom. The van der Waals surface area contributed by atoms with Crippen molar-refractivity contribution in [2.24, 2.45) is 0 Å². The van der Waals surface area contributed by atoms with Crippen LogP contribution in [0.4, 0.5) is 0 Å². The van der Waals surface area contributed by atoms with E-state index in [1.165, 1.54) is 0 Å². The van der Waals surface area contributed by atoms with Crippen molar-refractivity contribution in [2.45, 2.75) is 38.0 Å². The van der Waals surface area contributed by atoms with E-state index in [0.29, 0.717) is 11.1 Å². The summed E-state index contributed by atoms with van der Waals surface area (Å²) in [5, 5.41) is 32.5. The van der Waals surface area contributed by atoms with E-state index >= 15 is 0 Å². The van der Waals surface area contributed by atoms with Crippen molar-refractivity contribution in [3.63, 3.8) is 0 Å². The Morgan fingerprint density at radius 3 is 1.16 bits per heavy atom. The van der Waals surface area contributed by atoms with Crippen LogP contribution in [0.5, 0.6) is 0 Å². The number of hydrogen-bond donors (Lipinski definition) is 0. The molecule has 0 radical (unpaired) electrons. The number of para-hydroxylation sites is 6. The summed E-state index contributed by atoms with van der Waals surface area (Å²) in [4.78, 5) is 0. The molecule has 1 fully saturated rings. The summed E-state index contributed by atoms with van der Waals surface area (Å²) in [7, 11) is 0. The highest BCUT2D eigenvalue weighted by Gasteiger charge is 2.32. The standard InChI is InChI=1S/C62H42N6/c63-37-48-56(67-50-28-14-10-24-42(50)44-32-34-54-59(61(44)67)46-26-12-16-30-52(46)65(54)40-20-6-2-7-21-40)36-57(49(38-64)58(48)39-18-4-1-5-19-39)68-51-29-15-11-25-43(51)45-33-35-55-60(62(45)68)47-27-13-17-31-53(47)66(55)41-22-8-3-9-23-41/h2-3,6-17,20-36,39H,1,4-5,18-19H2. The fourth-order valence-electron chi connectivity index (χ4n) is 12.3. The molecule has 0 amide bonds. The number of fused-ring (bicyclic) bond motifs is 14. The first-order valence-corrected chi connectivity index (χ1v) is 23.8. The van der Waals surface area contributed by atoms with Crippen LogP contribution in [0, 0.1) is 22.7 Å². The summed E-state index contributed by atoms with van der Waals surface area (Å²) in [6, 6.07) is 72.6. The van der Waals surface area contributed by atoms with Crippen LogP contribution in [0.15, 0.2) is 188 Å². The lowest BCUT2D eigenvalue weighted by molar-refractivity contribution is 0.442. The van der Waals surface area contributed by atoms with Crippen LogP contribution in [0.3, 0.4) is 0 Å². The second-order valence-electron chi connectivity index (χ2n) is 18.4. The van der Waals surface area contributed by atoms with Crippen LogP contribution in [0.2, 0.25) is 0 Å². The average molecular weight is 871 g/mol. The van der Waals surface area contributed by atoms with Gasteiger partial charge >= 0.3 is 0 Å². The molecule has 68 heavy (non-hydrogen) atoms. The molecule has 13 aromatic rings. The van der Waals surface area contributed by atoms with Gasteiger partial charge in [-0.25, -0.2) is 0 Å². The SMILES string of the molecule is N#Cc1c(-n2c3ccccc3c3ccc4c(c5ccccc5n4-c4ccccc4)c32)cc(-n2c3ccccc3c3ccc4c(c5ccccc5n4-c4ccccc4)c32)c(C#N)c1C1CCCCC1. The summed E-state index contributed by atoms with van der Waals surface area (Å²) >= 11 is 0. The molecular weight excluding hydrogens is 829 g/mol. The maximum Gasteiger partial charge on any atom is 0.102 e. The van der Waals surface area contributed by atoms with Crippen LogP contribution in [-0.2, 0) is 0 Å². The second-order valence-corrected chi connectivity index (χ2v) is 18.4. The zero-order valence-electron chi connectivity index (χ0n) is 37.2. The Hall–Kier alpha value is -8.84. The first-order valence-electron chi connectivity index (χ1n) is 23.8. The molecule has 0 N–H and O–H groups in total. The Bertz CT molecular complexity index is 4040. The highest BCUT2D eigenvalue weighted by Crippen LogP contribution is 2.48.